The van der Waals surface area contributed by atoms with Crippen LogP contribution in [0.25, 0.3) is 0 Å². The third-order valence-electron chi connectivity index (χ3n) is 2.31. The van der Waals surface area contributed by atoms with Crippen LogP contribution in [0.1, 0.15) is 23.5 Å². The van der Waals surface area contributed by atoms with Gasteiger partial charge in [0.15, 0.2) is 0 Å². The minimum Gasteiger partial charge on any atom is -0.481 e. The van der Waals surface area contributed by atoms with Gasteiger partial charge >= 0.3 is 5.97 Å². The molecule has 86 valence electrons. The standard InChI is InChI=1S/C12H12Cl2O2/c1-8-4-2-3-5-10(8)9(6-11(13)14)7-12(15)16/h2-6,9H,7H2,1H3,(H,15,16). The highest BCUT2D eigenvalue weighted by Crippen LogP contribution is 2.27. The Hall–Kier alpha value is -0.990. The molecule has 0 bridgehead atoms. The second-order valence-electron chi connectivity index (χ2n) is 3.52. The van der Waals surface area contributed by atoms with E-state index in [1.165, 1.54) is 0 Å². The molecule has 0 radical (unpaired) electrons. The molecule has 0 aliphatic rings. The van der Waals surface area contributed by atoms with Gasteiger partial charge in [-0.2, -0.15) is 0 Å². The van der Waals surface area contributed by atoms with Crippen LogP contribution in [0.3, 0.4) is 0 Å². The second kappa shape index (κ2) is 5.92. The van der Waals surface area contributed by atoms with Gasteiger partial charge in [0.1, 0.15) is 4.49 Å². The van der Waals surface area contributed by atoms with E-state index in [4.69, 9.17) is 28.3 Å². The molecule has 1 N–H and O–H groups in total. The van der Waals surface area contributed by atoms with E-state index < -0.39 is 5.97 Å². The van der Waals surface area contributed by atoms with E-state index in [9.17, 15) is 4.79 Å². The summed E-state index contributed by atoms with van der Waals surface area (Å²) in [7, 11) is 0. The molecule has 0 aliphatic heterocycles. The minimum absolute atomic E-state index is 0.0200. The first-order chi connectivity index (χ1) is 7.50. The van der Waals surface area contributed by atoms with Crippen LogP contribution < -0.4 is 0 Å². The van der Waals surface area contributed by atoms with E-state index in [2.05, 4.69) is 0 Å². The van der Waals surface area contributed by atoms with Gasteiger partial charge in [-0.25, -0.2) is 0 Å². The highest BCUT2D eigenvalue weighted by atomic mass is 35.5. The fourth-order valence-corrected chi connectivity index (χ4v) is 1.91. The number of carboxylic acids is 1. The van der Waals surface area contributed by atoms with Gasteiger partial charge in [-0.1, -0.05) is 47.5 Å². The summed E-state index contributed by atoms with van der Waals surface area (Å²) in [6.45, 7) is 1.93. The largest absolute Gasteiger partial charge is 0.481 e. The van der Waals surface area contributed by atoms with E-state index >= 15 is 0 Å². The molecular weight excluding hydrogens is 247 g/mol. The average molecular weight is 259 g/mol. The Kier molecular flexibility index (Phi) is 4.84. The van der Waals surface area contributed by atoms with Crippen molar-refractivity contribution in [2.24, 2.45) is 0 Å². The number of aliphatic carboxylic acids is 1. The van der Waals surface area contributed by atoms with Gasteiger partial charge in [0, 0.05) is 5.92 Å². The number of hydrogen-bond acceptors (Lipinski definition) is 1. The Morgan fingerprint density at radius 3 is 2.56 bits per heavy atom. The topological polar surface area (TPSA) is 37.3 Å². The van der Waals surface area contributed by atoms with Crippen LogP contribution >= 0.6 is 23.2 Å². The Morgan fingerprint density at radius 2 is 2.06 bits per heavy atom. The van der Waals surface area contributed by atoms with E-state index in [0.717, 1.165) is 11.1 Å². The molecule has 0 saturated heterocycles. The van der Waals surface area contributed by atoms with Gasteiger partial charge in [0.2, 0.25) is 0 Å². The molecule has 1 unspecified atom stereocenters. The van der Waals surface area contributed by atoms with Crippen molar-refractivity contribution in [3.63, 3.8) is 0 Å². The van der Waals surface area contributed by atoms with Crippen LogP contribution in [0.2, 0.25) is 0 Å². The van der Waals surface area contributed by atoms with Gasteiger partial charge in [0.25, 0.3) is 0 Å². The summed E-state index contributed by atoms with van der Waals surface area (Å²) in [4.78, 5) is 10.8. The highest BCUT2D eigenvalue weighted by Gasteiger charge is 2.15. The molecule has 0 saturated carbocycles. The van der Waals surface area contributed by atoms with Crippen molar-refractivity contribution >= 4 is 29.2 Å². The van der Waals surface area contributed by atoms with E-state index in [-0.39, 0.29) is 16.8 Å². The van der Waals surface area contributed by atoms with Crippen molar-refractivity contribution in [1.82, 2.24) is 0 Å². The molecule has 0 aromatic heterocycles. The van der Waals surface area contributed by atoms with Crippen LogP contribution in [0, 0.1) is 6.92 Å². The summed E-state index contributed by atoms with van der Waals surface area (Å²) >= 11 is 11.2. The Morgan fingerprint density at radius 1 is 1.44 bits per heavy atom. The van der Waals surface area contributed by atoms with Gasteiger partial charge in [-0.15, -0.1) is 0 Å². The number of allylic oxidation sites excluding steroid dienone is 1. The molecule has 2 nitrogen and oxygen atoms in total. The lowest BCUT2D eigenvalue weighted by Crippen LogP contribution is -2.05. The predicted octanol–water partition coefficient (Wildman–Crippen LogP) is 3.87. The van der Waals surface area contributed by atoms with E-state index in [1.807, 2.05) is 31.2 Å². The first kappa shape index (κ1) is 13.1. The zero-order chi connectivity index (χ0) is 12.1. The first-order valence-electron chi connectivity index (χ1n) is 4.81. The summed E-state index contributed by atoms with van der Waals surface area (Å²) in [6, 6.07) is 7.59. The van der Waals surface area contributed by atoms with Crippen molar-refractivity contribution in [3.8, 4) is 0 Å². The van der Waals surface area contributed by atoms with Crippen molar-refractivity contribution < 1.29 is 9.90 Å². The lowest BCUT2D eigenvalue weighted by Gasteiger charge is -2.13. The SMILES string of the molecule is Cc1ccccc1C(C=C(Cl)Cl)CC(=O)O. The second-order valence-corrected chi connectivity index (χ2v) is 4.53. The molecule has 0 fully saturated rings. The fourth-order valence-electron chi connectivity index (χ4n) is 1.60. The molecule has 0 aliphatic carbocycles. The van der Waals surface area contributed by atoms with Crippen LogP contribution in [-0.2, 0) is 4.79 Å². The third kappa shape index (κ3) is 3.87. The number of benzene rings is 1. The van der Waals surface area contributed by atoms with Gasteiger partial charge in [-0.3, -0.25) is 4.79 Å². The maximum absolute atomic E-state index is 10.8. The predicted molar refractivity (Wildman–Crippen MR) is 66.0 cm³/mol. The van der Waals surface area contributed by atoms with Crippen LogP contribution in [0.15, 0.2) is 34.8 Å². The average Bonchev–Trinajstić information content (AvgIpc) is 2.15. The lowest BCUT2D eigenvalue weighted by atomic mass is 9.92. The number of rotatable bonds is 4. The normalized spacial score (nSPS) is 11.9. The lowest BCUT2D eigenvalue weighted by molar-refractivity contribution is -0.137. The molecule has 16 heavy (non-hydrogen) atoms. The third-order valence-corrected chi connectivity index (χ3v) is 2.56. The molecule has 1 rings (SSSR count). The zero-order valence-corrected chi connectivity index (χ0v) is 10.3. The Labute approximate surface area is 104 Å². The molecular formula is C12H12Cl2O2. The zero-order valence-electron chi connectivity index (χ0n) is 8.78. The molecule has 1 atom stereocenters. The van der Waals surface area contributed by atoms with Gasteiger partial charge in [-0.05, 0) is 24.1 Å². The number of aryl methyl sites for hydroxylation is 1. The first-order valence-corrected chi connectivity index (χ1v) is 5.56. The van der Waals surface area contributed by atoms with Gasteiger partial charge in [0.05, 0.1) is 6.42 Å². The van der Waals surface area contributed by atoms with E-state index in [1.54, 1.807) is 6.08 Å². The van der Waals surface area contributed by atoms with Crippen molar-refractivity contribution in [1.29, 1.82) is 0 Å². The highest BCUT2D eigenvalue weighted by molar-refractivity contribution is 6.55. The van der Waals surface area contributed by atoms with Crippen molar-refractivity contribution in [2.45, 2.75) is 19.3 Å². The quantitative estimate of drug-likeness (QED) is 0.891. The molecule has 0 spiro atoms. The summed E-state index contributed by atoms with van der Waals surface area (Å²) in [5, 5.41) is 8.83. The maximum Gasteiger partial charge on any atom is 0.304 e. The minimum atomic E-state index is -0.876. The monoisotopic (exact) mass is 258 g/mol. The van der Waals surface area contributed by atoms with Crippen molar-refractivity contribution in [3.05, 3.63) is 46.0 Å². The van der Waals surface area contributed by atoms with E-state index in [0.29, 0.717) is 0 Å². The number of carboxylic acid groups (broad SMARTS) is 1. The molecule has 0 amide bonds. The summed E-state index contributed by atoms with van der Waals surface area (Å²) in [5.41, 5.74) is 1.96. The van der Waals surface area contributed by atoms with Crippen LogP contribution in [0.4, 0.5) is 0 Å². The summed E-state index contributed by atoms with van der Waals surface area (Å²) in [6.07, 6.45) is 1.54. The fraction of sp³-hybridized carbons (Fsp3) is 0.250. The number of carbonyl (C=O) groups is 1. The number of halogens is 2. The summed E-state index contributed by atoms with van der Waals surface area (Å²) < 4.78 is 0.0921. The Bertz CT molecular complexity index is 409. The van der Waals surface area contributed by atoms with Crippen LogP contribution in [-0.4, -0.2) is 11.1 Å². The van der Waals surface area contributed by atoms with Gasteiger partial charge < -0.3 is 5.11 Å². The molecule has 1 aromatic rings. The maximum atomic E-state index is 10.8. The van der Waals surface area contributed by atoms with Crippen LogP contribution in [0.5, 0.6) is 0 Å². The van der Waals surface area contributed by atoms with Crippen molar-refractivity contribution in [2.75, 3.05) is 0 Å². The molecule has 0 heterocycles. The smallest absolute Gasteiger partial charge is 0.304 e. The number of hydrogen-bond donors (Lipinski definition) is 1. The summed E-state index contributed by atoms with van der Waals surface area (Å²) in [5.74, 6) is -1.16. The Balaban J connectivity index is 3.06. The molecule has 1 aromatic carbocycles. The molecule has 4 heteroatoms.